The molecule has 1 aromatic carbocycles. The molecule has 4 nitrogen and oxygen atoms in total. The van der Waals surface area contributed by atoms with Crippen LogP contribution in [0.5, 0.6) is 0 Å². The Morgan fingerprint density at radius 2 is 2.00 bits per heavy atom. The van der Waals surface area contributed by atoms with Crippen LogP contribution in [0.1, 0.15) is 28.9 Å². The van der Waals surface area contributed by atoms with E-state index in [4.69, 9.17) is 17.3 Å². The average Bonchev–Trinajstić information content (AvgIpc) is 2.39. The fourth-order valence-electron chi connectivity index (χ4n) is 1.70. The molecule has 0 bridgehead atoms. The maximum atomic E-state index is 12.0. The zero-order chi connectivity index (χ0) is 13.8. The first-order chi connectivity index (χ1) is 9.06. The number of hydrogen-bond donors (Lipinski definition) is 2. The maximum Gasteiger partial charge on any atom is 0.251 e. The van der Waals surface area contributed by atoms with Crippen LogP contribution in [0.2, 0.25) is 5.02 Å². The van der Waals surface area contributed by atoms with Crippen LogP contribution in [0.4, 0.5) is 5.82 Å². The van der Waals surface area contributed by atoms with Crippen molar-refractivity contribution in [2.24, 2.45) is 0 Å². The van der Waals surface area contributed by atoms with Gasteiger partial charge >= 0.3 is 0 Å². The lowest BCUT2D eigenvalue weighted by molar-refractivity contribution is 0.0940. The number of hydrogen-bond acceptors (Lipinski definition) is 3. The predicted molar refractivity (Wildman–Crippen MR) is 76.0 cm³/mol. The molecule has 0 saturated carbocycles. The molecule has 0 aliphatic rings. The van der Waals surface area contributed by atoms with Gasteiger partial charge in [0, 0.05) is 16.8 Å². The highest BCUT2D eigenvalue weighted by Gasteiger charge is 2.11. The Labute approximate surface area is 116 Å². The fraction of sp³-hybridized carbons (Fsp3) is 0.143. The third-order valence-corrected chi connectivity index (χ3v) is 3.01. The number of halogens is 1. The second-order valence-corrected chi connectivity index (χ2v) is 4.65. The topological polar surface area (TPSA) is 68.0 Å². The summed E-state index contributed by atoms with van der Waals surface area (Å²) in [5.74, 6) is 0.142. The van der Waals surface area contributed by atoms with Crippen LogP contribution >= 0.6 is 11.6 Å². The number of aromatic nitrogens is 1. The van der Waals surface area contributed by atoms with Crippen LogP contribution in [0, 0.1) is 0 Å². The van der Waals surface area contributed by atoms with E-state index in [2.05, 4.69) is 10.3 Å². The third kappa shape index (κ3) is 3.45. The summed E-state index contributed by atoms with van der Waals surface area (Å²) in [7, 11) is 0. The van der Waals surface area contributed by atoms with E-state index in [0.29, 0.717) is 16.4 Å². The molecular formula is C14H14ClN3O. The maximum absolute atomic E-state index is 12.0. The van der Waals surface area contributed by atoms with E-state index >= 15 is 0 Å². The molecule has 0 saturated heterocycles. The van der Waals surface area contributed by atoms with Gasteiger partial charge in [0.1, 0.15) is 5.82 Å². The van der Waals surface area contributed by atoms with Crippen molar-refractivity contribution in [1.82, 2.24) is 10.3 Å². The van der Waals surface area contributed by atoms with Gasteiger partial charge in [-0.15, -0.1) is 0 Å². The molecule has 98 valence electrons. The van der Waals surface area contributed by atoms with Crippen molar-refractivity contribution >= 4 is 23.3 Å². The molecule has 0 fully saturated rings. The van der Waals surface area contributed by atoms with Crippen LogP contribution in [0.3, 0.4) is 0 Å². The van der Waals surface area contributed by atoms with Crippen molar-refractivity contribution in [2.75, 3.05) is 5.73 Å². The molecule has 1 aromatic heterocycles. The lowest BCUT2D eigenvalue weighted by atomic mass is 10.1. The molecule has 1 heterocycles. The quantitative estimate of drug-likeness (QED) is 0.905. The number of amides is 1. The van der Waals surface area contributed by atoms with Gasteiger partial charge in [-0.05, 0) is 36.8 Å². The number of benzene rings is 1. The Kier molecular flexibility index (Phi) is 4.02. The number of pyridine rings is 1. The minimum atomic E-state index is -0.184. The Morgan fingerprint density at radius 3 is 2.63 bits per heavy atom. The van der Waals surface area contributed by atoms with Crippen molar-refractivity contribution in [3.63, 3.8) is 0 Å². The number of nitrogen functional groups attached to an aromatic ring is 1. The van der Waals surface area contributed by atoms with E-state index in [0.717, 1.165) is 5.56 Å². The molecule has 0 radical (unpaired) electrons. The van der Waals surface area contributed by atoms with Gasteiger partial charge in [-0.3, -0.25) is 4.79 Å². The molecule has 5 heteroatoms. The van der Waals surface area contributed by atoms with E-state index in [-0.39, 0.29) is 11.9 Å². The highest BCUT2D eigenvalue weighted by Crippen LogP contribution is 2.16. The van der Waals surface area contributed by atoms with Crippen LogP contribution in [-0.2, 0) is 0 Å². The number of carbonyl (C=O) groups excluding carboxylic acids is 1. The van der Waals surface area contributed by atoms with Gasteiger partial charge in [0.25, 0.3) is 5.91 Å². The summed E-state index contributed by atoms with van der Waals surface area (Å²) in [5, 5.41) is 3.56. The van der Waals surface area contributed by atoms with Crippen molar-refractivity contribution < 1.29 is 4.79 Å². The Bertz CT molecular complexity index is 583. The molecule has 0 aliphatic carbocycles. The number of rotatable bonds is 3. The molecule has 1 amide bonds. The molecule has 0 spiro atoms. The highest BCUT2D eigenvalue weighted by molar-refractivity contribution is 6.30. The Balaban J connectivity index is 2.08. The largest absolute Gasteiger partial charge is 0.384 e. The summed E-state index contributed by atoms with van der Waals surface area (Å²) >= 11 is 5.83. The first-order valence-corrected chi connectivity index (χ1v) is 6.22. The van der Waals surface area contributed by atoms with Crippen LogP contribution in [0.15, 0.2) is 42.6 Å². The summed E-state index contributed by atoms with van der Waals surface area (Å²) < 4.78 is 0. The standard InChI is InChI=1S/C14H14ClN3O/c1-9(10-2-4-12(15)5-3-10)18-14(19)11-6-7-17-13(16)8-11/h2-9H,1H3,(H2,16,17)(H,18,19). The first kappa shape index (κ1) is 13.4. The van der Waals surface area contributed by atoms with Gasteiger partial charge in [-0.25, -0.2) is 4.98 Å². The van der Waals surface area contributed by atoms with E-state index in [9.17, 15) is 4.79 Å². The molecule has 3 N–H and O–H groups in total. The zero-order valence-corrected chi connectivity index (χ0v) is 11.2. The van der Waals surface area contributed by atoms with Crippen molar-refractivity contribution in [3.05, 3.63) is 58.7 Å². The Hall–Kier alpha value is -2.07. The molecule has 2 rings (SSSR count). The lowest BCUT2D eigenvalue weighted by Gasteiger charge is -2.14. The van der Waals surface area contributed by atoms with E-state index < -0.39 is 0 Å². The molecule has 0 aliphatic heterocycles. The fourth-order valence-corrected chi connectivity index (χ4v) is 1.83. The number of nitrogens with one attached hydrogen (secondary N) is 1. The molecule has 1 atom stereocenters. The van der Waals surface area contributed by atoms with E-state index in [1.54, 1.807) is 24.3 Å². The monoisotopic (exact) mass is 275 g/mol. The number of nitrogens with two attached hydrogens (primary N) is 1. The summed E-state index contributed by atoms with van der Waals surface area (Å²) in [6, 6.07) is 10.4. The van der Waals surface area contributed by atoms with Crippen molar-refractivity contribution in [2.45, 2.75) is 13.0 Å². The minimum absolute atomic E-state index is 0.112. The van der Waals surface area contributed by atoms with Gasteiger partial charge in [0.05, 0.1) is 6.04 Å². The van der Waals surface area contributed by atoms with Gasteiger partial charge in [0.15, 0.2) is 0 Å². The van der Waals surface area contributed by atoms with E-state index in [1.807, 2.05) is 19.1 Å². The number of carbonyl (C=O) groups is 1. The molecule has 19 heavy (non-hydrogen) atoms. The summed E-state index contributed by atoms with van der Waals surface area (Å²) in [6.07, 6.45) is 1.51. The first-order valence-electron chi connectivity index (χ1n) is 5.84. The van der Waals surface area contributed by atoms with Gasteiger partial charge in [-0.1, -0.05) is 23.7 Å². The van der Waals surface area contributed by atoms with Crippen LogP contribution < -0.4 is 11.1 Å². The smallest absolute Gasteiger partial charge is 0.251 e. The van der Waals surface area contributed by atoms with E-state index in [1.165, 1.54) is 6.20 Å². The normalized spacial score (nSPS) is 11.9. The predicted octanol–water partition coefficient (Wildman–Crippen LogP) is 2.81. The third-order valence-electron chi connectivity index (χ3n) is 2.76. The molecular weight excluding hydrogens is 262 g/mol. The Morgan fingerprint density at radius 1 is 1.32 bits per heavy atom. The zero-order valence-electron chi connectivity index (χ0n) is 10.4. The van der Waals surface area contributed by atoms with Gasteiger partial charge < -0.3 is 11.1 Å². The van der Waals surface area contributed by atoms with Crippen molar-refractivity contribution in [3.8, 4) is 0 Å². The van der Waals surface area contributed by atoms with Crippen molar-refractivity contribution in [1.29, 1.82) is 0 Å². The summed E-state index contributed by atoms with van der Waals surface area (Å²) in [5.41, 5.74) is 7.03. The van der Waals surface area contributed by atoms with Crippen LogP contribution in [0.25, 0.3) is 0 Å². The second-order valence-electron chi connectivity index (χ2n) is 4.22. The summed E-state index contributed by atoms with van der Waals surface area (Å²) in [6.45, 7) is 1.91. The minimum Gasteiger partial charge on any atom is -0.384 e. The average molecular weight is 276 g/mol. The van der Waals surface area contributed by atoms with Gasteiger partial charge in [0.2, 0.25) is 0 Å². The molecule has 1 unspecified atom stereocenters. The SMILES string of the molecule is CC(NC(=O)c1ccnc(N)c1)c1ccc(Cl)cc1. The second kappa shape index (κ2) is 5.71. The number of anilines is 1. The van der Waals surface area contributed by atoms with Gasteiger partial charge in [-0.2, -0.15) is 0 Å². The van der Waals surface area contributed by atoms with Crippen LogP contribution in [-0.4, -0.2) is 10.9 Å². The lowest BCUT2D eigenvalue weighted by Crippen LogP contribution is -2.26. The molecule has 2 aromatic rings. The summed E-state index contributed by atoms with van der Waals surface area (Å²) in [4.78, 5) is 15.9. The highest BCUT2D eigenvalue weighted by atomic mass is 35.5. The number of nitrogens with zero attached hydrogens (tertiary/aromatic N) is 1.